The van der Waals surface area contributed by atoms with E-state index in [1.54, 1.807) is 0 Å². The Morgan fingerprint density at radius 3 is 2.65 bits per heavy atom. The molecule has 0 bridgehead atoms. The van der Waals surface area contributed by atoms with Crippen molar-refractivity contribution in [3.8, 4) is 11.5 Å². The molecule has 0 amide bonds. The number of hydrogen-bond acceptors (Lipinski definition) is 7. The van der Waals surface area contributed by atoms with Crippen LogP contribution in [0.15, 0.2) is 42.5 Å². The van der Waals surface area contributed by atoms with Crippen LogP contribution in [0.25, 0.3) is 0 Å². The number of tetrazole rings is 1. The Morgan fingerprint density at radius 1 is 1.03 bits per heavy atom. The van der Waals surface area contributed by atoms with Crippen molar-refractivity contribution in [2.45, 2.75) is 19.5 Å². The number of hydrogen-bond donors (Lipinski definition) is 0. The maximum atomic E-state index is 6.64. The molecule has 1 atom stereocenters. The molecule has 1 unspecified atom stereocenters. The first-order chi connectivity index (χ1) is 15.2. The van der Waals surface area contributed by atoms with E-state index in [9.17, 15) is 0 Å². The summed E-state index contributed by atoms with van der Waals surface area (Å²) in [7, 11) is 0. The summed E-state index contributed by atoms with van der Waals surface area (Å²) in [4.78, 5) is 4.88. The maximum Gasteiger partial charge on any atom is 0.231 e. The van der Waals surface area contributed by atoms with Crippen molar-refractivity contribution in [3.05, 3.63) is 64.4 Å². The van der Waals surface area contributed by atoms with E-state index >= 15 is 0 Å². The molecule has 1 fully saturated rings. The SMILES string of the molecule is CCN1CCN(C(c2ccccc2Cl)c2nnnn2Cc2ccc3c(c2)OCO3)CC1. The highest BCUT2D eigenvalue weighted by Gasteiger charge is 2.31. The van der Waals surface area contributed by atoms with Crippen LogP contribution < -0.4 is 9.47 Å². The molecule has 0 spiro atoms. The Bertz CT molecular complexity index is 1050. The highest BCUT2D eigenvalue weighted by molar-refractivity contribution is 6.31. The number of ether oxygens (including phenoxy) is 2. The third-order valence-electron chi connectivity index (χ3n) is 5.99. The Hall–Kier alpha value is -2.68. The van der Waals surface area contributed by atoms with Crippen molar-refractivity contribution in [1.29, 1.82) is 0 Å². The quantitative estimate of drug-likeness (QED) is 0.583. The maximum absolute atomic E-state index is 6.64. The van der Waals surface area contributed by atoms with Gasteiger partial charge in [-0.2, -0.15) is 0 Å². The smallest absolute Gasteiger partial charge is 0.231 e. The molecule has 8 nitrogen and oxygen atoms in total. The lowest BCUT2D eigenvalue weighted by molar-refractivity contribution is 0.108. The van der Waals surface area contributed by atoms with Gasteiger partial charge in [0.25, 0.3) is 0 Å². The van der Waals surface area contributed by atoms with Gasteiger partial charge in [-0.25, -0.2) is 4.68 Å². The molecule has 1 saturated heterocycles. The molecule has 2 aliphatic rings. The molecular weight excluding hydrogens is 416 g/mol. The Kier molecular flexibility index (Phi) is 5.76. The number of aromatic nitrogens is 4. The molecule has 0 radical (unpaired) electrons. The summed E-state index contributed by atoms with van der Waals surface area (Å²) >= 11 is 6.64. The molecule has 0 aliphatic carbocycles. The predicted molar refractivity (Wildman–Crippen MR) is 116 cm³/mol. The summed E-state index contributed by atoms with van der Waals surface area (Å²) < 4.78 is 12.8. The molecule has 0 N–H and O–H groups in total. The first-order valence-electron chi connectivity index (χ1n) is 10.6. The zero-order chi connectivity index (χ0) is 21.2. The van der Waals surface area contributed by atoms with Gasteiger partial charge in [-0.3, -0.25) is 4.90 Å². The van der Waals surface area contributed by atoms with Crippen molar-refractivity contribution in [3.63, 3.8) is 0 Å². The summed E-state index contributed by atoms with van der Waals surface area (Å²) in [5.74, 6) is 2.31. The van der Waals surface area contributed by atoms with Crippen LogP contribution in [0.2, 0.25) is 5.02 Å². The number of likely N-dealkylation sites (N-methyl/N-ethyl adjacent to an activating group) is 1. The van der Waals surface area contributed by atoms with E-state index in [0.717, 1.165) is 66.2 Å². The van der Waals surface area contributed by atoms with Crippen LogP contribution in [0, 0.1) is 0 Å². The van der Waals surface area contributed by atoms with Gasteiger partial charge in [0.2, 0.25) is 6.79 Å². The normalized spacial score (nSPS) is 17.7. The summed E-state index contributed by atoms with van der Waals surface area (Å²) in [5.41, 5.74) is 2.07. The fourth-order valence-corrected chi connectivity index (χ4v) is 4.51. The minimum atomic E-state index is -0.114. The van der Waals surface area contributed by atoms with Crippen molar-refractivity contribution in [2.75, 3.05) is 39.5 Å². The number of rotatable bonds is 6. The number of nitrogens with zero attached hydrogens (tertiary/aromatic N) is 6. The van der Waals surface area contributed by atoms with Gasteiger partial charge in [0.05, 0.1) is 12.6 Å². The van der Waals surface area contributed by atoms with E-state index in [4.69, 9.17) is 21.1 Å². The molecule has 0 saturated carbocycles. The Labute approximate surface area is 186 Å². The van der Waals surface area contributed by atoms with Gasteiger partial charge in [-0.15, -0.1) is 5.10 Å². The summed E-state index contributed by atoms with van der Waals surface area (Å²) in [6.45, 7) is 7.95. The second-order valence-corrected chi connectivity index (χ2v) is 8.18. The topological polar surface area (TPSA) is 68.5 Å². The Morgan fingerprint density at radius 2 is 1.84 bits per heavy atom. The minimum Gasteiger partial charge on any atom is -0.454 e. The first kappa shape index (κ1) is 20.2. The van der Waals surface area contributed by atoms with E-state index in [2.05, 4.69) is 38.3 Å². The zero-order valence-corrected chi connectivity index (χ0v) is 18.2. The molecular formula is C22H25ClN6O2. The van der Waals surface area contributed by atoms with E-state index in [0.29, 0.717) is 6.54 Å². The van der Waals surface area contributed by atoms with Crippen LogP contribution in [-0.2, 0) is 6.54 Å². The number of benzene rings is 2. The lowest BCUT2D eigenvalue weighted by Gasteiger charge is -2.38. The summed E-state index contributed by atoms with van der Waals surface area (Å²) in [6, 6.07) is 13.8. The van der Waals surface area contributed by atoms with E-state index in [1.807, 2.05) is 41.1 Å². The lowest BCUT2D eigenvalue weighted by atomic mass is 10.0. The van der Waals surface area contributed by atoms with Crippen LogP contribution in [0.5, 0.6) is 11.5 Å². The fourth-order valence-electron chi connectivity index (χ4n) is 4.27. The summed E-state index contributed by atoms with van der Waals surface area (Å²) in [6.07, 6.45) is 0. The highest BCUT2D eigenvalue weighted by Crippen LogP contribution is 2.35. The van der Waals surface area contributed by atoms with Crippen molar-refractivity contribution in [2.24, 2.45) is 0 Å². The molecule has 31 heavy (non-hydrogen) atoms. The average Bonchev–Trinajstić information content (AvgIpc) is 3.45. The second-order valence-electron chi connectivity index (χ2n) is 7.78. The molecule has 5 rings (SSSR count). The monoisotopic (exact) mass is 440 g/mol. The lowest BCUT2D eigenvalue weighted by Crippen LogP contribution is -2.48. The van der Waals surface area contributed by atoms with Gasteiger partial charge < -0.3 is 14.4 Å². The van der Waals surface area contributed by atoms with Gasteiger partial charge in [-0.05, 0) is 46.3 Å². The zero-order valence-electron chi connectivity index (χ0n) is 17.4. The van der Waals surface area contributed by atoms with Gasteiger partial charge in [-0.1, -0.05) is 42.8 Å². The van der Waals surface area contributed by atoms with Crippen LogP contribution >= 0.6 is 11.6 Å². The van der Waals surface area contributed by atoms with Crippen molar-refractivity contribution < 1.29 is 9.47 Å². The molecule has 9 heteroatoms. The van der Waals surface area contributed by atoms with E-state index in [-0.39, 0.29) is 12.8 Å². The Balaban J connectivity index is 1.48. The molecule has 2 aromatic carbocycles. The van der Waals surface area contributed by atoms with Gasteiger partial charge >= 0.3 is 0 Å². The molecule has 2 aliphatic heterocycles. The van der Waals surface area contributed by atoms with E-state index < -0.39 is 0 Å². The summed E-state index contributed by atoms with van der Waals surface area (Å²) in [5, 5.41) is 13.5. The largest absolute Gasteiger partial charge is 0.454 e. The fraction of sp³-hybridized carbons (Fsp3) is 0.409. The number of fused-ring (bicyclic) bond motifs is 1. The molecule has 3 heterocycles. The van der Waals surface area contributed by atoms with Crippen LogP contribution in [0.3, 0.4) is 0 Å². The molecule has 3 aromatic rings. The minimum absolute atomic E-state index is 0.114. The van der Waals surface area contributed by atoms with Crippen LogP contribution in [-0.4, -0.2) is 69.5 Å². The van der Waals surface area contributed by atoms with Crippen LogP contribution in [0.1, 0.15) is 29.9 Å². The number of halogens is 1. The predicted octanol–water partition coefficient (Wildman–Crippen LogP) is 2.83. The van der Waals surface area contributed by atoms with E-state index in [1.165, 1.54) is 0 Å². The standard InChI is InChI=1S/C22H25ClN6O2/c1-2-27-9-11-28(12-10-27)21(17-5-3-4-6-18(17)23)22-24-25-26-29(22)14-16-7-8-19-20(13-16)31-15-30-19/h3-8,13,21H,2,9-12,14-15H2,1H3. The third kappa shape index (κ3) is 4.11. The van der Waals surface area contributed by atoms with Gasteiger partial charge in [0.15, 0.2) is 17.3 Å². The van der Waals surface area contributed by atoms with Gasteiger partial charge in [0.1, 0.15) is 0 Å². The number of piperazine rings is 1. The molecule has 1 aromatic heterocycles. The highest BCUT2D eigenvalue weighted by atomic mass is 35.5. The molecule has 162 valence electrons. The van der Waals surface area contributed by atoms with Crippen LogP contribution in [0.4, 0.5) is 0 Å². The average molecular weight is 441 g/mol. The van der Waals surface area contributed by atoms with Crippen molar-refractivity contribution in [1.82, 2.24) is 30.0 Å². The second kappa shape index (κ2) is 8.82. The third-order valence-corrected chi connectivity index (χ3v) is 6.34. The van der Waals surface area contributed by atoms with Crippen molar-refractivity contribution >= 4 is 11.6 Å². The first-order valence-corrected chi connectivity index (χ1v) is 11.0. The van der Waals surface area contributed by atoms with Gasteiger partial charge in [0, 0.05) is 31.2 Å².